The largest absolute Gasteiger partial charge is 0.371 e. The second kappa shape index (κ2) is 3.06. The molecule has 0 amide bonds. The first-order valence-electron chi connectivity index (χ1n) is 5.07. The molecule has 2 unspecified atom stereocenters. The van der Waals surface area contributed by atoms with Crippen molar-refractivity contribution in [3.63, 3.8) is 0 Å². The van der Waals surface area contributed by atoms with Crippen molar-refractivity contribution in [2.45, 2.75) is 32.2 Å². The van der Waals surface area contributed by atoms with Crippen LogP contribution in [0.3, 0.4) is 0 Å². The van der Waals surface area contributed by atoms with E-state index >= 15 is 0 Å². The van der Waals surface area contributed by atoms with Gasteiger partial charge in [0.1, 0.15) is 0 Å². The third-order valence-electron chi connectivity index (χ3n) is 3.30. The topological polar surface area (TPSA) is 3.24 Å². The molecule has 1 aromatic rings. The molecule has 1 heterocycles. The number of hydrogen-bond donors (Lipinski definition) is 0. The SMILES string of the molecule is CCC1C(C)c2ccccc2N1C. The summed E-state index contributed by atoms with van der Waals surface area (Å²) in [5, 5.41) is 0. The van der Waals surface area contributed by atoms with E-state index in [2.05, 4.69) is 50.1 Å². The first-order valence-corrected chi connectivity index (χ1v) is 5.07. The summed E-state index contributed by atoms with van der Waals surface area (Å²) >= 11 is 0. The van der Waals surface area contributed by atoms with E-state index in [1.165, 1.54) is 17.7 Å². The summed E-state index contributed by atoms with van der Waals surface area (Å²) in [5.41, 5.74) is 2.93. The van der Waals surface area contributed by atoms with E-state index in [4.69, 9.17) is 0 Å². The third kappa shape index (κ3) is 1.14. The Balaban J connectivity index is 2.44. The van der Waals surface area contributed by atoms with E-state index in [1.807, 2.05) is 0 Å². The van der Waals surface area contributed by atoms with Gasteiger partial charge in [-0.25, -0.2) is 0 Å². The van der Waals surface area contributed by atoms with E-state index in [0.717, 1.165) is 0 Å². The standard InChI is InChI=1S/C12H17N/c1-4-11-9(2)10-7-5-6-8-12(10)13(11)3/h5-9,11H,4H2,1-3H3. The van der Waals surface area contributed by atoms with Crippen LogP contribution in [-0.2, 0) is 0 Å². The van der Waals surface area contributed by atoms with Crippen molar-refractivity contribution in [2.24, 2.45) is 0 Å². The molecule has 0 spiro atoms. The normalized spacial score (nSPS) is 26.2. The van der Waals surface area contributed by atoms with Gasteiger partial charge in [-0.2, -0.15) is 0 Å². The van der Waals surface area contributed by atoms with Crippen LogP contribution in [0.4, 0.5) is 5.69 Å². The number of benzene rings is 1. The molecule has 0 radical (unpaired) electrons. The number of hydrogen-bond acceptors (Lipinski definition) is 1. The van der Waals surface area contributed by atoms with E-state index in [0.29, 0.717) is 12.0 Å². The van der Waals surface area contributed by atoms with Crippen molar-refractivity contribution in [3.8, 4) is 0 Å². The second-order valence-electron chi connectivity index (χ2n) is 3.93. The molecule has 0 fully saturated rings. The zero-order valence-electron chi connectivity index (χ0n) is 8.62. The fourth-order valence-electron chi connectivity index (χ4n) is 2.54. The van der Waals surface area contributed by atoms with Crippen LogP contribution in [0.5, 0.6) is 0 Å². The van der Waals surface area contributed by atoms with Gasteiger partial charge in [0.15, 0.2) is 0 Å². The predicted octanol–water partition coefficient (Wildman–Crippen LogP) is 3.02. The number of fused-ring (bicyclic) bond motifs is 1. The predicted molar refractivity (Wildman–Crippen MR) is 57.3 cm³/mol. The molecule has 2 atom stereocenters. The number of nitrogens with zero attached hydrogens (tertiary/aromatic N) is 1. The van der Waals surface area contributed by atoms with Gasteiger partial charge >= 0.3 is 0 Å². The van der Waals surface area contributed by atoms with Crippen molar-refractivity contribution in [1.82, 2.24) is 0 Å². The summed E-state index contributed by atoms with van der Waals surface area (Å²) in [6.07, 6.45) is 1.23. The number of para-hydroxylation sites is 1. The Morgan fingerprint density at radius 1 is 1.31 bits per heavy atom. The molecule has 0 saturated heterocycles. The molecular weight excluding hydrogens is 158 g/mol. The van der Waals surface area contributed by atoms with Gasteiger partial charge in [0.05, 0.1) is 0 Å². The zero-order valence-corrected chi connectivity index (χ0v) is 8.62. The molecule has 1 heteroatoms. The van der Waals surface area contributed by atoms with Crippen molar-refractivity contribution in [3.05, 3.63) is 29.8 Å². The van der Waals surface area contributed by atoms with E-state index in [-0.39, 0.29) is 0 Å². The van der Waals surface area contributed by atoms with Gasteiger partial charge < -0.3 is 4.90 Å². The van der Waals surface area contributed by atoms with Gasteiger partial charge in [0.2, 0.25) is 0 Å². The van der Waals surface area contributed by atoms with Crippen LogP contribution in [-0.4, -0.2) is 13.1 Å². The second-order valence-corrected chi connectivity index (χ2v) is 3.93. The maximum atomic E-state index is 2.42. The van der Waals surface area contributed by atoms with Gasteiger partial charge in [-0.3, -0.25) is 0 Å². The van der Waals surface area contributed by atoms with Crippen molar-refractivity contribution >= 4 is 5.69 Å². The zero-order chi connectivity index (χ0) is 9.42. The number of rotatable bonds is 1. The minimum Gasteiger partial charge on any atom is -0.371 e. The fourth-order valence-corrected chi connectivity index (χ4v) is 2.54. The molecule has 0 bridgehead atoms. The molecule has 0 aromatic heterocycles. The highest BCUT2D eigenvalue weighted by atomic mass is 15.2. The van der Waals surface area contributed by atoms with E-state index in [9.17, 15) is 0 Å². The maximum absolute atomic E-state index is 2.42. The Morgan fingerprint density at radius 3 is 2.62 bits per heavy atom. The van der Waals surface area contributed by atoms with Gasteiger partial charge in [-0.1, -0.05) is 32.0 Å². The van der Waals surface area contributed by atoms with Crippen molar-refractivity contribution in [2.75, 3.05) is 11.9 Å². The summed E-state index contributed by atoms with van der Waals surface area (Å²) in [7, 11) is 2.20. The van der Waals surface area contributed by atoms with Crippen LogP contribution < -0.4 is 4.90 Å². The van der Waals surface area contributed by atoms with Gasteiger partial charge in [-0.15, -0.1) is 0 Å². The average Bonchev–Trinajstić information content (AvgIpc) is 2.41. The lowest BCUT2D eigenvalue weighted by Gasteiger charge is -2.23. The van der Waals surface area contributed by atoms with Crippen LogP contribution in [0.25, 0.3) is 0 Å². The Morgan fingerprint density at radius 2 is 2.00 bits per heavy atom. The molecule has 1 nitrogen and oxygen atoms in total. The molecule has 70 valence electrons. The molecule has 1 aliphatic rings. The minimum atomic E-state index is 0.686. The lowest BCUT2D eigenvalue weighted by molar-refractivity contribution is 0.561. The quantitative estimate of drug-likeness (QED) is 0.634. The minimum absolute atomic E-state index is 0.686. The maximum Gasteiger partial charge on any atom is 0.0402 e. The van der Waals surface area contributed by atoms with Crippen LogP contribution in [0.2, 0.25) is 0 Å². The molecule has 1 aromatic carbocycles. The third-order valence-corrected chi connectivity index (χ3v) is 3.30. The van der Waals surface area contributed by atoms with Crippen LogP contribution in [0.15, 0.2) is 24.3 Å². The summed E-state index contributed by atoms with van der Waals surface area (Å²) in [5.74, 6) is 0.686. The molecule has 13 heavy (non-hydrogen) atoms. The monoisotopic (exact) mass is 175 g/mol. The Kier molecular flexibility index (Phi) is 2.03. The van der Waals surface area contributed by atoms with Crippen LogP contribution >= 0.6 is 0 Å². The molecule has 2 rings (SSSR count). The molecular formula is C12H17N. The van der Waals surface area contributed by atoms with Gasteiger partial charge in [0.25, 0.3) is 0 Å². The van der Waals surface area contributed by atoms with E-state index in [1.54, 1.807) is 0 Å². The molecule has 0 N–H and O–H groups in total. The first kappa shape index (κ1) is 8.61. The Labute approximate surface area is 80.4 Å². The highest BCUT2D eigenvalue weighted by Gasteiger charge is 2.31. The first-order chi connectivity index (χ1) is 6.25. The van der Waals surface area contributed by atoms with E-state index < -0.39 is 0 Å². The molecule has 0 aliphatic carbocycles. The smallest absolute Gasteiger partial charge is 0.0402 e. The lowest BCUT2D eigenvalue weighted by Crippen LogP contribution is -2.28. The Hall–Kier alpha value is -0.980. The summed E-state index contributed by atoms with van der Waals surface area (Å²) in [6, 6.07) is 9.44. The summed E-state index contributed by atoms with van der Waals surface area (Å²) in [6.45, 7) is 4.60. The number of likely N-dealkylation sites (N-methyl/N-ethyl adjacent to an activating group) is 1. The summed E-state index contributed by atoms with van der Waals surface area (Å²) < 4.78 is 0. The van der Waals surface area contributed by atoms with Crippen LogP contribution in [0, 0.1) is 0 Å². The lowest BCUT2D eigenvalue weighted by atomic mass is 9.96. The van der Waals surface area contributed by atoms with Crippen molar-refractivity contribution < 1.29 is 0 Å². The number of anilines is 1. The molecule has 0 saturated carbocycles. The fraction of sp³-hybridized carbons (Fsp3) is 0.500. The summed E-state index contributed by atoms with van der Waals surface area (Å²) in [4.78, 5) is 2.42. The Bertz CT molecular complexity index is 277. The van der Waals surface area contributed by atoms with Crippen molar-refractivity contribution in [1.29, 1.82) is 0 Å². The van der Waals surface area contributed by atoms with Gasteiger partial charge in [-0.05, 0) is 18.1 Å². The van der Waals surface area contributed by atoms with Gasteiger partial charge in [0, 0.05) is 24.7 Å². The van der Waals surface area contributed by atoms with Crippen LogP contribution in [0.1, 0.15) is 31.7 Å². The highest BCUT2D eigenvalue weighted by molar-refractivity contribution is 5.60. The highest BCUT2D eigenvalue weighted by Crippen LogP contribution is 2.40. The molecule has 1 aliphatic heterocycles. The average molecular weight is 175 g/mol.